The number of nitrogens with one attached hydrogen (secondary N) is 1. The minimum atomic E-state index is -0.501. The van der Waals surface area contributed by atoms with Crippen molar-refractivity contribution in [2.75, 3.05) is 13.1 Å². The van der Waals surface area contributed by atoms with Crippen LogP contribution in [0.5, 0.6) is 0 Å². The third-order valence-corrected chi connectivity index (χ3v) is 4.58. The van der Waals surface area contributed by atoms with Gasteiger partial charge in [0.25, 0.3) is 5.91 Å². The standard InChI is InChI=1S/C17H24N2O4/c1-17(2,3)23-16(21)18-13-7-6-11-9-19(10-12(11)13)15(20)14-5-4-8-22-14/h4-5,8,11-13H,6-7,9-10H2,1-3H3,(H,18,21)/t11-,12+,13-/m1/s1. The van der Waals surface area contributed by atoms with Gasteiger partial charge in [0.1, 0.15) is 5.60 Å². The smallest absolute Gasteiger partial charge is 0.407 e. The number of ether oxygens (including phenoxy) is 1. The second kappa shape index (κ2) is 5.91. The molecule has 1 aromatic rings. The summed E-state index contributed by atoms with van der Waals surface area (Å²) >= 11 is 0. The molecule has 2 fully saturated rings. The zero-order chi connectivity index (χ0) is 16.6. The van der Waals surface area contributed by atoms with Crippen molar-refractivity contribution in [3.05, 3.63) is 24.2 Å². The van der Waals surface area contributed by atoms with Crippen molar-refractivity contribution < 1.29 is 18.7 Å². The number of carbonyl (C=O) groups is 2. The monoisotopic (exact) mass is 320 g/mol. The van der Waals surface area contributed by atoms with E-state index in [9.17, 15) is 9.59 Å². The molecule has 6 heteroatoms. The second-order valence-corrected chi connectivity index (χ2v) is 7.44. The molecule has 6 nitrogen and oxygen atoms in total. The quantitative estimate of drug-likeness (QED) is 0.909. The maximum atomic E-state index is 12.4. The number of hydrogen-bond acceptors (Lipinski definition) is 4. The summed E-state index contributed by atoms with van der Waals surface area (Å²) in [5.41, 5.74) is -0.501. The lowest BCUT2D eigenvalue weighted by atomic mass is 9.98. The Labute approximate surface area is 136 Å². The number of fused-ring (bicyclic) bond motifs is 1. The molecule has 0 bridgehead atoms. The van der Waals surface area contributed by atoms with E-state index >= 15 is 0 Å². The van der Waals surface area contributed by atoms with E-state index in [-0.39, 0.29) is 18.0 Å². The molecule has 1 N–H and O–H groups in total. The van der Waals surface area contributed by atoms with Crippen molar-refractivity contribution in [3.8, 4) is 0 Å². The van der Waals surface area contributed by atoms with E-state index in [4.69, 9.17) is 9.15 Å². The molecule has 2 amide bonds. The van der Waals surface area contributed by atoms with Gasteiger partial charge in [-0.15, -0.1) is 0 Å². The van der Waals surface area contributed by atoms with Gasteiger partial charge < -0.3 is 19.4 Å². The lowest BCUT2D eigenvalue weighted by molar-refractivity contribution is 0.0491. The Balaban J connectivity index is 1.59. The lowest BCUT2D eigenvalue weighted by Gasteiger charge is -2.24. The van der Waals surface area contributed by atoms with Gasteiger partial charge in [-0.05, 0) is 51.7 Å². The summed E-state index contributed by atoms with van der Waals surface area (Å²) in [7, 11) is 0. The summed E-state index contributed by atoms with van der Waals surface area (Å²) in [5.74, 6) is 1.04. The molecule has 3 atom stereocenters. The van der Waals surface area contributed by atoms with Crippen LogP contribution in [0.3, 0.4) is 0 Å². The lowest BCUT2D eigenvalue weighted by Crippen LogP contribution is -2.42. The number of alkyl carbamates (subject to hydrolysis) is 1. The fraction of sp³-hybridized carbons (Fsp3) is 0.647. The largest absolute Gasteiger partial charge is 0.459 e. The van der Waals surface area contributed by atoms with Gasteiger partial charge in [0.05, 0.1) is 6.26 Å². The first-order valence-corrected chi connectivity index (χ1v) is 8.16. The van der Waals surface area contributed by atoms with Gasteiger partial charge in [-0.1, -0.05) is 0 Å². The molecule has 1 aliphatic heterocycles. The zero-order valence-corrected chi connectivity index (χ0v) is 13.9. The summed E-state index contributed by atoms with van der Waals surface area (Å²) in [6.45, 7) is 6.94. The fourth-order valence-electron chi connectivity index (χ4n) is 3.63. The Morgan fingerprint density at radius 1 is 1.30 bits per heavy atom. The van der Waals surface area contributed by atoms with Crippen LogP contribution in [-0.2, 0) is 4.74 Å². The number of carbonyl (C=O) groups excluding carboxylic acids is 2. The van der Waals surface area contributed by atoms with Crippen LogP contribution in [0.4, 0.5) is 4.79 Å². The molecule has 126 valence electrons. The van der Waals surface area contributed by atoms with Crippen LogP contribution in [-0.4, -0.2) is 41.6 Å². The predicted octanol–water partition coefficient (Wildman–Crippen LogP) is 2.65. The highest BCUT2D eigenvalue weighted by atomic mass is 16.6. The molecular weight excluding hydrogens is 296 g/mol. The zero-order valence-electron chi connectivity index (χ0n) is 13.9. The molecule has 0 aromatic carbocycles. The molecule has 0 spiro atoms. The summed E-state index contributed by atoms with van der Waals surface area (Å²) in [5, 5.41) is 2.98. The van der Waals surface area contributed by atoms with Gasteiger partial charge in [0, 0.05) is 25.0 Å². The van der Waals surface area contributed by atoms with Crippen LogP contribution in [0.1, 0.15) is 44.2 Å². The Morgan fingerprint density at radius 3 is 2.74 bits per heavy atom. The number of rotatable bonds is 2. The molecule has 1 saturated heterocycles. The normalized spacial score (nSPS) is 26.9. The molecule has 3 rings (SSSR count). The topological polar surface area (TPSA) is 71.8 Å². The Hall–Kier alpha value is -1.98. The van der Waals surface area contributed by atoms with E-state index in [1.165, 1.54) is 6.26 Å². The van der Waals surface area contributed by atoms with Crippen molar-refractivity contribution >= 4 is 12.0 Å². The average Bonchev–Trinajstić information content (AvgIpc) is 3.13. The molecule has 2 aliphatic rings. The van der Waals surface area contributed by atoms with E-state index in [1.54, 1.807) is 12.1 Å². The highest BCUT2D eigenvalue weighted by Crippen LogP contribution is 2.38. The molecule has 23 heavy (non-hydrogen) atoms. The van der Waals surface area contributed by atoms with Crippen LogP contribution < -0.4 is 5.32 Å². The fourth-order valence-corrected chi connectivity index (χ4v) is 3.63. The van der Waals surface area contributed by atoms with Crippen molar-refractivity contribution in [2.24, 2.45) is 11.8 Å². The van der Waals surface area contributed by atoms with Gasteiger partial charge in [0.2, 0.25) is 0 Å². The first-order chi connectivity index (χ1) is 10.8. The minimum absolute atomic E-state index is 0.0691. The molecule has 0 radical (unpaired) electrons. The summed E-state index contributed by atoms with van der Waals surface area (Å²) in [6.07, 6.45) is 3.10. The number of amides is 2. The summed E-state index contributed by atoms with van der Waals surface area (Å²) in [6, 6.07) is 3.48. The van der Waals surface area contributed by atoms with Crippen LogP contribution in [0, 0.1) is 11.8 Å². The average molecular weight is 320 g/mol. The molecule has 1 saturated carbocycles. The minimum Gasteiger partial charge on any atom is -0.459 e. The summed E-state index contributed by atoms with van der Waals surface area (Å²) < 4.78 is 10.5. The predicted molar refractivity (Wildman–Crippen MR) is 84.0 cm³/mol. The SMILES string of the molecule is CC(C)(C)OC(=O)N[C@@H]1CC[C@@H]2CN(C(=O)c3ccco3)C[C@@H]21. The number of furan rings is 1. The van der Waals surface area contributed by atoms with Gasteiger partial charge in [-0.2, -0.15) is 0 Å². The first kappa shape index (κ1) is 15.9. The highest BCUT2D eigenvalue weighted by Gasteiger charge is 2.45. The Morgan fingerprint density at radius 2 is 2.09 bits per heavy atom. The summed E-state index contributed by atoms with van der Waals surface area (Å²) in [4.78, 5) is 26.2. The van der Waals surface area contributed by atoms with E-state index in [0.717, 1.165) is 19.4 Å². The third kappa shape index (κ3) is 3.51. The molecular formula is C17H24N2O4. The number of hydrogen-bond donors (Lipinski definition) is 1. The second-order valence-electron chi connectivity index (χ2n) is 7.44. The molecule has 2 heterocycles. The van der Waals surface area contributed by atoms with Crippen LogP contribution in [0.25, 0.3) is 0 Å². The maximum absolute atomic E-state index is 12.4. The van der Waals surface area contributed by atoms with E-state index < -0.39 is 5.60 Å². The molecule has 1 aromatic heterocycles. The van der Waals surface area contributed by atoms with Crippen LogP contribution in [0.15, 0.2) is 22.8 Å². The van der Waals surface area contributed by atoms with Gasteiger partial charge in [-0.3, -0.25) is 4.79 Å². The van der Waals surface area contributed by atoms with Gasteiger partial charge in [-0.25, -0.2) is 4.79 Å². The van der Waals surface area contributed by atoms with E-state index in [0.29, 0.717) is 24.1 Å². The highest BCUT2D eigenvalue weighted by molar-refractivity contribution is 5.91. The van der Waals surface area contributed by atoms with Crippen molar-refractivity contribution in [2.45, 2.75) is 45.3 Å². The Kier molecular flexibility index (Phi) is 4.08. The maximum Gasteiger partial charge on any atom is 0.407 e. The van der Waals surface area contributed by atoms with Crippen molar-refractivity contribution in [1.82, 2.24) is 10.2 Å². The van der Waals surface area contributed by atoms with Crippen LogP contribution in [0.2, 0.25) is 0 Å². The van der Waals surface area contributed by atoms with Crippen molar-refractivity contribution in [3.63, 3.8) is 0 Å². The van der Waals surface area contributed by atoms with Crippen LogP contribution >= 0.6 is 0 Å². The number of nitrogens with zero attached hydrogens (tertiary/aromatic N) is 1. The molecule has 0 unspecified atom stereocenters. The number of likely N-dealkylation sites (tertiary alicyclic amines) is 1. The van der Waals surface area contributed by atoms with Gasteiger partial charge >= 0.3 is 6.09 Å². The van der Waals surface area contributed by atoms with Gasteiger partial charge in [0.15, 0.2) is 5.76 Å². The van der Waals surface area contributed by atoms with E-state index in [1.807, 2.05) is 25.7 Å². The van der Waals surface area contributed by atoms with E-state index in [2.05, 4.69) is 5.32 Å². The van der Waals surface area contributed by atoms with Crippen molar-refractivity contribution in [1.29, 1.82) is 0 Å². The Bertz CT molecular complexity index is 576. The third-order valence-electron chi connectivity index (χ3n) is 4.58. The molecule has 1 aliphatic carbocycles. The first-order valence-electron chi connectivity index (χ1n) is 8.16.